The minimum Gasteiger partial charge on any atom is -0.466 e. The van der Waals surface area contributed by atoms with Gasteiger partial charge >= 0.3 is 0 Å². The molecule has 0 amide bonds. The number of aryl methyl sites for hydroxylation is 4. The maximum Gasteiger partial charge on any atom is 0.191 e. The van der Waals surface area contributed by atoms with Crippen LogP contribution in [-0.2, 0) is 12.0 Å². The van der Waals surface area contributed by atoms with Gasteiger partial charge in [0.05, 0.1) is 11.6 Å². The zero-order chi connectivity index (χ0) is 19.2. The van der Waals surface area contributed by atoms with E-state index in [1.807, 2.05) is 33.8 Å². The third kappa shape index (κ3) is 7.42. The Kier molecular flexibility index (Phi) is 9.75. The van der Waals surface area contributed by atoms with E-state index in [0.717, 1.165) is 48.7 Å². The van der Waals surface area contributed by atoms with Crippen molar-refractivity contribution in [3.63, 3.8) is 0 Å². The summed E-state index contributed by atoms with van der Waals surface area (Å²) in [5.41, 5.74) is 0.802. The molecule has 2 heterocycles. The van der Waals surface area contributed by atoms with Crippen molar-refractivity contribution in [1.29, 1.82) is 0 Å². The first-order valence-corrected chi connectivity index (χ1v) is 9.93. The molecule has 0 spiro atoms. The van der Waals surface area contributed by atoms with Crippen molar-refractivity contribution < 1.29 is 9.52 Å². The van der Waals surface area contributed by atoms with E-state index in [9.17, 15) is 5.11 Å². The van der Waals surface area contributed by atoms with Crippen LogP contribution in [0, 0.1) is 20.8 Å². The van der Waals surface area contributed by atoms with Gasteiger partial charge in [0.15, 0.2) is 5.96 Å². The molecule has 0 aromatic carbocycles. The van der Waals surface area contributed by atoms with Crippen LogP contribution in [0.2, 0.25) is 0 Å². The number of guanidine groups is 1. The van der Waals surface area contributed by atoms with Crippen LogP contribution in [0.5, 0.6) is 0 Å². The lowest BCUT2D eigenvalue weighted by Crippen LogP contribution is -2.39. The third-order valence-electron chi connectivity index (χ3n) is 4.04. The number of aliphatic hydroxyl groups is 1. The molecule has 2 rings (SSSR count). The van der Waals surface area contributed by atoms with Crippen molar-refractivity contribution in [3.05, 3.63) is 39.2 Å². The number of nitrogens with zero attached hydrogens (tertiary/aromatic N) is 2. The smallest absolute Gasteiger partial charge is 0.191 e. The molecule has 0 radical (unpaired) electrons. The Balaban J connectivity index is 0.00000364. The number of aromatic nitrogens is 1. The molecule has 3 N–H and O–H groups in total. The van der Waals surface area contributed by atoms with Crippen LogP contribution in [0.15, 0.2) is 20.9 Å². The minimum atomic E-state index is -1.07. The van der Waals surface area contributed by atoms with Crippen molar-refractivity contribution in [1.82, 2.24) is 15.6 Å². The molecule has 2 aromatic rings. The SMILES string of the molecule is CCNC(=NCC(C)(O)c1cc(C)oc1C)NCCCc1nc(C)cs1.I. The second-order valence-electron chi connectivity index (χ2n) is 6.71. The van der Waals surface area contributed by atoms with E-state index in [1.54, 1.807) is 18.3 Å². The number of rotatable bonds is 8. The topological polar surface area (TPSA) is 82.7 Å². The number of aliphatic imine (C=N–C) groups is 1. The Hall–Kier alpha value is -1.13. The maximum atomic E-state index is 10.8. The average Bonchev–Trinajstić information content (AvgIpc) is 3.14. The predicted octanol–water partition coefficient (Wildman–Crippen LogP) is 3.67. The van der Waals surface area contributed by atoms with Gasteiger partial charge < -0.3 is 20.2 Å². The molecular weight excluding hydrogens is 475 g/mol. The van der Waals surface area contributed by atoms with Gasteiger partial charge in [-0.2, -0.15) is 0 Å². The standard InChI is InChI=1S/C19H30N4O2S.HI/c1-6-20-18(21-9-7-8-17-23-13(2)11-26-17)22-12-19(5,24)16-10-14(3)25-15(16)4;/h10-11,24H,6-9,12H2,1-5H3,(H2,20,21,22);1H. The third-order valence-corrected chi connectivity index (χ3v) is 5.06. The Morgan fingerprint density at radius 2 is 2.07 bits per heavy atom. The average molecular weight is 506 g/mol. The second kappa shape index (κ2) is 11.0. The van der Waals surface area contributed by atoms with E-state index >= 15 is 0 Å². The molecule has 6 nitrogen and oxygen atoms in total. The van der Waals surface area contributed by atoms with Crippen molar-refractivity contribution >= 4 is 41.3 Å². The van der Waals surface area contributed by atoms with Gasteiger partial charge in [0.2, 0.25) is 0 Å². The highest BCUT2D eigenvalue weighted by Gasteiger charge is 2.27. The molecule has 0 aliphatic rings. The molecule has 8 heteroatoms. The van der Waals surface area contributed by atoms with Gasteiger partial charge in [0.25, 0.3) is 0 Å². The van der Waals surface area contributed by atoms with E-state index in [-0.39, 0.29) is 30.5 Å². The highest BCUT2D eigenvalue weighted by atomic mass is 127. The molecule has 0 saturated heterocycles. The van der Waals surface area contributed by atoms with Gasteiger partial charge in [0.1, 0.15) is 17.1 Å². The summed E-state index contributed by atoms with van der Waals surface area (Å²) < 4.78 is 5.53. The predicted molar refractivity (Wildman–Crippen MR) is 122 cm³/mol. The van der Waals surface area contributed by atoms with Crippen molar-refractivity contribution in [2.24, 2.45) is 4.99 Å². The summed E-state index contributed by atoms with van der Waals surface area (Å²) in [6, 6.07) is 1.88. The van der Waals surface area contributed by atoms with Crippen molar-refractivity contribution in [2.45, 2.75) is 53.1 Å². The van der Waals surface area contributed by atoms with Crippen LogP contribution in [-0.4, -0.2) is 35.7 Å². The minimum absolute atomic E-state index is 0. The van der Waals surface area contributed by atoms with E-state index in [1.165, 1.54) is 5.01 Å². The van der Waals surface area contributed by atoms with Gasteiger partial charge in [-0.1, -0.05) is 0 Å². The first-order valence-electron chi connectivity index (χ1n) is 9.05. The summed E-state index contributed by atoms with van der Waals surface area (Å²) >= 11 is 1.71. The first-order chi connectivity index (χ1) is 12.3. The van der Waals surface area contributed by atoms with Crippen LogP contribution in [0.4, 0.5) is 0 Å². The quantitative estimate of drug-likeness (QED) is 0.220. The first kappa shape index (κ1) is 23.9. The number of hydrogen-bond donors (Lipinski definition) is 3. The van der Waals surface area contributed by atoms with Crippen molar-refractivity contribution in [3.8, 4) is 0 Å². The highest BCUT2D eigenvalue weighted by Crippen LogP contribution is 2.27. The van der Waals surface area contributed by atoms with Crippen LogP contribution >= 0.6 is 35.3 Å². The number of furan rings is 1. The van der Waals surface area contributed by atoms with E-state index < -0.39 is 5.60 Å². The highest BCUT2D eigenvalue weighted by molar-refractivity contribution is 14.0. The molecular formula is C19H31IN4O2S. The molecule has 1 atom stereocenters. The Bertz CT molecular complexity index is 740. The lowest BCUT2D eigenvalue weighted by Gasteiger charge is -2.21. The largest absolute Gasteiger partial charge is 0.466 e. The van der Waals surface area contributed by atoms with Gasteiger partial charge in [0, 0.05) is 36.1 Å². The molecule has 0 bridgehead atoms. The normalized spacial score (nSPS) is 13.8. The lowest BCUT2D eigenvalue weighted by molar-refractivity contribution is 0.0657. The van der Waals surface area contributed by atoms with Gasteiger partial charge in [-0.3, -0.25) is 0 Å². The van der Waals surface area contributed by atoms with Crippen LogP contribution in [0.3, 0.4) is 0 Å². The summed E-state index contributed by atoms with van der Waals surface area (Å²) in [6.45, 7) is 11.4. The fourth-order valence-electron chi connectivity index (χ4n) is 2.79. The lowest BCUT2D eigenvalue weighted by atomic mass is 9.96. The van der Waals surface area contributed by atoms with Crippen LogP contribution in [0.25, 0.3) is 0 Å². The molecule has 27 heavy (non-hydrogen) atoms. The molecule has 0 aliphatic carbocycles. The summed E-state index contributed by atoms with van der Waals surface area (Å²) in [6.07, 6.45) is 1.93. The van der Waals surface area contributed by atoms with Crippen molar-refractivity contribution in [2.75, 3.05) is 19.6 Å². The molecule has 0 aliphatic heterocycles. The summed E-state index contributed by atoms with van der Waals surface area (Å²) in [5, 5.41) is 20.6. The maximum absolute atomic E-state index is 10.8. The van der Waals surface area contributed by atoms with E-state index in [2.05, 4.69) is 26.0 Å². The number of hydrogen-bond acceptors (Lipinski definition) is 5. The number of nitrogens with one attached hydrogen (secondary N) is 2. The van der Waals surface area contributed by atoms with Crippen LogP contribution in [0.1, 0.15) is 48.1 Å². The molecule has 0 saturated carbocycles. The molecule has 1 unspecified atom stereocenters. The van der Waals surface area contributed by atoms with Crippen LogP contribution < -0.4 is 10.6 Å². The van der Waals surface area contributed by atoms with Gasteiger partial charge in [-0.25, -0.2) is 9.98 Å². The molecule has 152 valence electrons. The summed E-state index contributed by atoms with van der Waals surface area (Å²) in [4.78, 5) is 9.03. The van der Waals surface area contributed by atoms with Gasteiger partial charge in [-0.05, 0) is 47.1 Å². The number of halogens is 1. The monoisotopic (exact) mass is 506 g/mol. The number of thiazole rings is 1. The second-order valence-corrected chi connectivity index (χ2v) is 7.65. The summed E-state index contributed by atoms with van der Waals surface area (Å²) in [7, 11) is 0. The van der Waals surface area contributed by atoms with E-state index in [4.69, 9.17) is 4.42 Å². The zero-order valence-corrected chi connectivity index (χ0v) is 19.9. The Labute approximate surface area is 182 Å². The molecule has 0 fully saturated rings. The molecule has 2 aromatic heterocycles. The fourth-order valence-corrected chi connectivity index (χ4v) is 3.61. The zero-order valence-electron chi connectivity index (χ0n) is 16.8. The van der Waals surface area contributed by atoms with E-state index in [0.29, 0.717) is 5.96 Å². The Morgan fingerprint density at radius 1 is 1.33 bits per heavy atom. The summed E-state index contributed by atoms with van der Waals surface area (Å²) in [5.74, 6) is 2.24. The Morgan fingerprint density at radius 3 is 2.63 bits per heavy atom. The fraction of sp³-hybridized carbons (Fsp3) is 0.579. The van der Waals surface area contributed by atoms with Gasteiger partial charge in [-0.15, -0.1) is 35.3 Å².